The van der Waals surface area contributed by atoms with Gasteiger partial charge in [-0.25, -0.2) is 0 Å². The Bertz CT molecular complexity index is 230. The fraction of sp³-hybridized carbons (Fsp3) is 0.667. The van der Waals surface area contributed by atoms with E-state index in [0.29, 0.717) is 12.0 Å². The molecule has 0 spiro atoms. The smallest absolute Gasteiger partial charge is 0.226 e. The van der Waals surface area contributed by atoms with Crippen molar-refractivity contribution < 1.29 is 4.79 Å². The van der Waals surface area contributed by atoms with Crippen molar-refractivity contribution in [2.45, 2.75) is 26.3 Å². The Balaban J connectivity index is 2.33. The maximum absolute atomic E-state index is 11.4. The van der Waals surface area contributed by atoms with E-state index in [9.17, 15) is 4.79 Å². The molecule has 1 saturated heterocycles. The van der Waals surface area contributed by atoms with Crippen LogP contribution in [0, 0.1) is 11.3 Å². The van der Waals surface area contributed by atoms with Gasteiger partial charge in [-0.15, -0.1) is 0 Å². The van der Waals surface area contributed by atoms with Gasteiger partial charge in [-0.3, -0.25) is 4.79 Å². The van der Waals surface area contributed by atoms with Crippen molar-refractivity contribution in [2.75, 3.05) is 0 Å². The zero-order valence-corrected chi connectivity index (χ0v) is 6.92. The van der Waals surface area contributed by atoms with Gasteiger partial charge in [-0.2, -0.15) is 0 Å². The Kier molecular flexibility index (Phi) is 1.17. The molecule has 2 rings (SSSR count). The summed E-state index contributed by atoms with van der Waals surface area (Å²) in [6.07, 6.45) is 5.37. The maximum Gasteiger partial charge on any atom is 0.226 e. The molecular formula is C9H13NO. The molecule has 1 aliphatic heterocycles. The summed E-state index contributed by atoms with van der Waals surface area (Å²) in [5, 5.41) is 2.97. The van der Waals surface area contributed by atoms with Gasteiger partial charge in [0.2, 0.25) is 5.91 Å². The molecule has 2 bridgehead atoms. The quantitative estimate of drug-likeness (QED) is 0.516. The van der Waals surface area contributed by atoms with Crippen LogP contribution in [0.5, 0.6) is 0 Å². The number of nitrogens with one attached hydrogen (secondary N) is 1. The first-order chi connectivity index (χ1) is 5.10. The third-order valence-electron chi connectivity index (χ3n) is 2.91. The summed E-state index contributed by atoms with van der Waals surface area (Å²) in [7, 11) is 0. The van der Waals surface area contributed by atoms with E-state index in [0.717, 1.165) is 6.42 Å². The van der Waals surface area contributed by atoms with E-state index >= 15 is 0 Å². The number of piperidine rings is 1. The van der Waals surface area contributed by atoms with Crippen LogP contribution in [0.4, 0.5) is 0 Å². The second-order valence-corrected chi connectivity index (χ2v) is 4.03. The maximum atomic E-state index is 11.4. The summed E-state index contributed by atoms with van der Waals surface area (Å²) < 4.78 is 0. The average Bonchev–Trinajstić information content (AvgIpc) is 2.31. The highest BCUT2D eigenvalue weighted by molar-refractivity contribution is 5.84. The average molecular weight is 151 g/mol. The Hall–Kier alpha value is -0.790. The van der Waals surface area contributed by atoms with Gasteiger partial charge in [0, 0.05) is 11.5 Å². The molecule has 2 heteroatoms. The SMILES string of the molecule is CC1(C)C(=O)NC2C=CC1C2. The number of carbonyl (C=O) groups excluding carboxylic acids is 1. The molecule has 0 aromatic carbocycles. The van der Waals surface area contributed by atoms with E-state index in [1.807, 2.05) is 13.8 Å². The van der Waals surface area contributed by atoms with E-state index in [1.54, 1.807) is 0 Å². The number of amides is 1. The lowest BCUT2D eigenvalue weighted by Crippen LogP contribution is -2.49. The van der Waals surface area contributed by atoms with Crippen LogP contribution in [0.25, 0.3) is 0 Å². The van der Waals surface area contributed by atoms with Crippen LogP contribution in [-0.2, 0) is 4.79 Å². The third-order valence-corrected chi connectivity index (χ3v) is 2.91. The molecule has 1 amide bonds. The van der Waals surface area contributed by atoms with Gasteiger partial charge in [0.1, 0.15) is 0 Å². The van der Waals surface area contributed by atoms with Gasteiger partial charge < -0.3 is 5.32 Å². The van der Waals surface area contributed by atoms with Crippen LogP contribution >= 0.6 is 0 Å². The molecule has 0 aromatic rings. The van der Waals surface area contributed by atoms with E-state index < -0.39 is 0 Å². The second-order valence-electron chi connectivity index (χ2n) is 4.03. The van der Waals surface area contributed by atoms with E-state index in [4.69, 9.17) is 0 Å². The van der Waals surface area contributed by atoms with Gasteiger partial charge in [0.05, 0.1) is 0 Å². The molecular weight excluding hydrogens is 138 g/mol. The minimum absolute atomic E-state index is 0.191. The molecule has 0 aromatic heterocycles. The van der Waals surface area contributed by atoms with Crippen molar-refractivity contribution in [3.05, 3.63) is 12.2 Å². The predicted octanol–water partition coefficient (Wildman–Crippen LogP) is 1.09. The molecule has 2 nitrogen and oxygen atoms in total. The van der Waals surface area contributed by atoms with Crippen molar-refractivity contribution in [1.29, 1.82) is 0 Å². The summed E-state index contributed by atoms with van der Waals surface area (Å²) in [4.78, 5) is 11.4. The lowest BCUT2D eigenvalue weighted by atomic mass is 9.75. The largest absolute Gasteiger partial charge is 0.349 e. The van der Waals surface area contributed by atoms with E-state index in [1.165, 1.54) is 0 Å². The molecule has 1 N–H and O–H groups in total. The van der Waals surface area contributed by atoms with Crippen LogP contribution in [0.2, 0.25) is 0 Å². The van der Waals surface area contributed by atoms with Gasteiger partial charge in [-0.05, 0) is 12.3 Å². The van der Waals surface area contributed by atoms with E-state index in [2.05, 4.69) is 17.5 Å². The van der Waals surface area contributed by atoms with Gasteiger partial charge in [-0.1, -0.05) is 26.0 Å². The van der Waals surface area contributed by atoms with Gasteiger partial charge >= 0.3 is 0 Å². The van der Waals surface area contributed by atoms with Crippen LogP contribution in [0.15, 0.2) is 12.2 Å². The highest BCUT2D eigenvalue weighted by Crippen LogP contribution is 2.39. The predicted molar refractivity (Wildman–Crippen MR) is 43.0 cm³/mol. The molecule has 1 aliphatic carbocycles. The molecule has 2 atom stereocenters. The fourth-order valence-corrected chi connectivity index (χ4v) is 1.86. The normalized spacial score (nSPS) is 38.9. The second kappa shape index (κ2) is 1.87. The number of rotatable bonds is 0. The molecule has 11 heavy (non-hydrogen) atoms. The number of allylic oxidation sites excluding steroid dienone is 1. The summed E-state index contributed by atoms with van der Waals surface area (Å²) in [6.45, 7) is 4.03. The minimum Gasteiger partial charge on any atom is -0.349 e. The van der Waals surface area contributed by atoms with Gasteiger partial charge in [0.15, 0.2) is 0 Å². The molecule has 1 heterocycles. The number of hydrogen-bond acceptors (Lipinski definition) is 1. The number of carbonyl (C=O) groups is 1. The van der Waals surface area contributed by atoms with Crippen molar-refractivity contribution in [3.8, 4) is 0 Å². The summed E-state index contributed by atoms with van der Waals surface area (Å²) in [6, 6.07) is 0.320. The third kappa shape index (κ3) is 0.817. The summed E-state index contributed by atoms with van der Waals surface area (Å²) >= 11 is 0. The Morgan fingerprint density at radius 1 is 1.55 bits per heavy atom. The fourth-order valence-electron chi connectivity index (χ4n) is 1.86. The zero-order chi connectivity index (χ0) is 8.06. The first-order valence-corrected chi connectivity index (χ1v) is 4.10. The van der Waals surface area contributed by atoms with Crippen molar-refractivity contribution >= 4 is 5.91 Å². The van der Waals surface area contributed by atoms with Gasteiger partial charge in [0.25, 0.3) is 0 Å². The Labute approximate surface area is 66.7 Å². The van der Waals surface area contributed by atoms with Crippen LogP contribution in [0.1, 0.15) is 20.3 Å². The molecule has 60 valence electrons. The van der Waals surface area contributed by atoms with Crippen LogP contribution in [0.3, 0.4) is 0 Å². The molecule has 0 radical (unpaired) electrons. The standard InChI is InChI=1S/C9H13NO/c1-9(2)6-3-4-7(5-6)10-8(9)11/h3-4,6-7H,5H2,1-2H3,(H,10,11). The highest BCUT2D eigenvalue weighted by atomic mass is 16.2. The summed E-state index contributed by atoms with van der Waals surface area (Å²) in [5.74, 6) is 0.657. The first-order valence-electron chi connectivity index (χ1n) is 4.10. The number of hydrogen-bond donors (Lipinski definition) is 1. The molecule has 2 aliphatic rings. The van der Waals surface area contributed by atoms with E-state index in [-0.39, 0.29) is 11.3 Å². The monoisotopic (exact) mass is 151 g/mol. The lowest BCUT2D eigenvalue weighted by molar-refractivity contribution is -0.134. The highest BCUT2D eigenvalue weighted by Gasteiger charge is 2.43. The Morgan fingerprint density at radius 2 is 2.27 bits per heavy atom. The molecule has 0 saturated carbocycles. The minimum atomic E-state index is -0.191. The first kappa shape index (κ1) is 6.89. The van der Waals surface area contributed by atoms with Crippen LogP contribution < -0.4 is 5.32 Å². The number of fused-ring (bicyclic) bond motifs is 2. The Morgan fingerprint density at radius 3 is 3.00 bits per heavy atom. The lowest BCUT2D eigenvalue weighted by Gasteiger charge is -2.35. The molecule has 1 fully saturated rings. The summed E-state index contributed by atoms with van der Waals surface area (Å²) in [5.41, 5.74) is -0.191. The topological polar surface area (TPSA) is 29.1 Å². The van der Waals surface area contributed by atoms with Crippen molar-refractivity contribution in [1.82, 2.24) is 5.32 Å². The van der Waals surface area contributed by atoms with Crippen LogP contribution in [-0.4, -0.2) is 11.9 Å². The molecule has 2 unspecified atom stereocenters. The van der Waals surface area contributed by atoms with Crippen molar-refractivity contribution in [2.24, 2.45) is 11.3 Å². The van der Waals surface area contributed by atoms with Crippen molar-refractivity contribution in [3.63, 3.8) is 0 Å². The zero-order valence-electron chi connectivity index (χ0n) is 6.92.